The summed E-state index contributed by atoms with van der Waals surface area (Å²) in [4.78, 5) is 42.2. The maximum absolute atomic E-state index is 10.6. The molecule has 0 amide bonds. The van der Waals surface area contributed by atoms with Crippen LogP contribution in [0.25, 0.3) is 0 Å². The number of unbranched alkanes of at least 4 members (excludes halogenated alkanes) is 2. The Hall–Kier alpha value is 0.360. The van der Waals surface area contributed by atoms with Gasteiger partial charge in [0.05, 0.1) is 26.2 Å². The molecule has 0 saturated carbocycles. The van der Waals surface area contributed by atoms with E-state index in [2.05, 4.69) is 40.2 Å². The topological polar surface area (TPSA) is 371 Å². The predicted molar refractivity (Wildman–Crippen MR) is 91.5 cm³/mol. The van der Waals surface area contributed by atoms with Crippen LogP contribution in [0.5, 0.6) is 0 Å². The standard InChI is InChI=1S/2C4H12N2.H4O12P4.2H2O/c2*5-3-1-2-4-6;1-13(2)9-14(3,4)11-16(7,8)12-15(5,6)10-13;;/h2*1-6H2;(H,1,2)(H,3,4)(H,5,6)(H,7,8);2*1H2. The minimum Gasteiger partial charge on any atom is -0.756 e. The van der Waals surface area contributed by atoms with Crippen LogP contribution in [0.4, 0.5) is 0 Å². The van der Waals surface area contributed by atoms with Gasteiger partial charge in [0.15, 0.2) is 0 Å². The third-order valence-electron chi connectivity index (χ3n) is 2.30. The molecule has 1 heterocycles. The largest absolute Gasteiger partial charge is 0.756 e. The molecule has 1 fully saturated rings. The van der Waals surface area contributed by atoms with Gasteiger partial charge in [0.25, 0.3) is 31.3 Å². The Labute approximate surface area is 172 Å². The fraction of sp³-hybridized carbons (Fsp3) is 1.00. The predicted octanol–water partition coefficient (Wildman–Crippen LogP) is -7.21. The SMILES string of the molecule is O.O.O=P1([O-])OP(=O)([O-])OP(=O)([O-])OP(=O)([O-])O1.[NH3+]CCCC[NH3+].[NH3+]CCCC[NH3+]. The van der Waals surface area contributed by atoms with Crippen LogP contribution in [0, 0.1) is 0 Å². The van der Waals surface area contributed by atoms with Crippen molar-refractivity contribution in [2.75, 3.05) is 26.2 Å². The average molecular weight is 532 g/mol. The maximum Gasteiger partial charge on any atom is 0.280 e. The van der Waals surface area contributed by atoms with Crippen LogP contribution in [0.2, 0.25) is 0 Å². The minimum atomic E-state index is -5.87. The van der Waals surface area contributed by atoms with Crippen molar-refractivity contribution < 1.29 is 89.0 Å². The average Bonchev–Trinajstić information content (AvgIpc) is 2.46. The van der Waals surface area contributed by atoms with Gasteiger partial charge >= 0.3 is 0 Å². The van der Waals surface area contributed by atoms with Gasteiger partial charge in [-0.05, 0) is 0 Å². The van der Waals surface area contributed by atoms with Crippen LogP contribution < -0.4 is 42.5 Å². The Bertz CT molecular complexity index is 495. The molecule has 1 rings (SSSR count). The van der Waals surface area contributed by atoms with E-state index in [0.717, 1.165) is 26.2 Å². The lowest BCUT2D eigenvalue weighted by atomic mass is 10.3. The van der Waals surface area contributed by atoms with E-state index in [1.807, 2.05) is 0 Å². The molecule has 0 aromatic carbocycles. The molecule has 18 nitrogen and oxygen atoms in total. The molecule has 0 bridgehead atoms. The van der Waals surface area contributed by atoms with Gasteiger partial charge in [0.2, 0.25) is 0 Å². The molecule has 30 heavy (non-hydrogen) atoms. The third-order valence-corrected chi connectivity index (χ3v) is 8.70. The third kappa shape index (κ3) is 23.0. The van der Waals surface area contributed by atoms with Crippen molar-refractivity contribution in [3.63, 3.8) is 0 Å². The summed E-state index contributed by atoms with van der Waals surface area (Å²) < 4.78 is 54.5. The molecular weight excluding hydrogens is 500 g/mol. The summed E-state index contributed by atoms with van der Waals surface area (Å²) in [5.41, 5.74) is 14.8. The van der Waals surface area contributed by atoms with E-state index in [0.29, 0.717) is 0 Å². The van der Waals surface area contributed by atoms with Crippen LogP contribution in [0.15, 0.2) is 0 Å². The molecule has 0 aromatic rings. The highest BCUT2D eigenvalue weighted by atomic mass is 31.3. The van der Waals surface area contributed by atoms with Crippen molar-refractivity contribution in [3.05, 3.63) is 0 Å². The first-order valence-corrected chi connectivity index (χ1v) is 13.8. The molecule has 0 aliphatic carbocycles. The zero-order valence-corrected chi connectivity index (χ0v) is 19.8. The summed E-state index contributed by atoms with van der Waals surface area (Å²) in [5, 5.41) is 0. The van der Waals surface area contributed by atoms with Gasteiger partial charge in [0.1, 0.15) is 0 Å². The van der Waals surface area contributed by atoms with Crippen molar-refractivity contribution in [1.82, 2.24) is 0 Å². The van der Waals surface area contributed by atoms with Gasteiger partial charge in [-0.1, -0.05) is 0 Å². The van der Waals surface area contributed by atoms with Gasteiger partial charge in [0, 0.05) is 25.7 Å². The smallest absolute Gasteiger partial charge is 0.280 e. The van der Waals surface area contributed by atoms with Gasteiger partial charge in [-0.25, -0.2) is 17.2 Å². The molecule has 22 heteroatoms. The van der Waals surface area contributed by atoms with E-state index in [9.17, 15) is 37.8 Å². The van der Waals surface area contributed by atoms with Crippen molar-refractivity contribution in [2.45, 2.75) is 25.7 Å². The molecule has 1 saturated heterocycles. The molecule has 0 unspecified atom stereocenters. The second kappa shape index (κ2) is 17.9. The van der Waals surface area contributed by atoms with Crippen molar-refractivity contribution in [1.29, 1.82) is 0 Å². The lowest BCUT2D eigenvalue weighted by molar-refractivity contribution is -0.384. The Morgan fingerprint density at radius 2 is 0.600 bits per heavy atom. The van der Waals surface area contributed by atoms with E-state index in [4.69, 9.17) is 0 Å². The Kier molecular flexibility index (Phi) is 22.4. The molecule has 16 N–H and O–H groups in total. The first-order chi connectivity index (χ1) is 12.7. The van der Waals surface area contributed by atoms with Crippen LogP contribution in [0.3, 0.4) is 0 Å². The quantitative estimate of drug-likeness (QED) is 0.183. The Balaban J connectivity index is -0.000000203. The highest BCUT2D eigenvalue weighted by molar-refractivity contribution is 7.73. The molecule has 0 aromatic heterocycles. The molecule has 0 radical (unpaired) electrons. The summed E-state index contributed by atoms with van der Waals surface area (Å²) in [6.07, 6.45) is 4.96. The van der Waals surface area contributed by atoms with E-state index in [1.165, 1.54) is 25.7 Å². The van der Waals surface area contributed by atoms with Crippen molar-refractivity contribution in [3.8, 4) is 0 Å². The summed E-state index contributed by atoms with van der Waals surface area (Å²) in [6.45, 7) is 4.26. The number of rotatable bonds is 6. The fourth-order valence-corrected chi connectivity index (χ4v) is 6.73. The van der Waals surface area contributed by atoms with Crippen molar-refractivity contribution in [2.24, 2.45) is 0 Å². The van der Waals surface area contributed by atoms with Crippen LogP contribution >= 0.6 is 31.3 Å². The van der Waals surface area contributed by atoms with E-state index >= 15 is 0 Å². The van der Waals surface area contributed by atoms with E-state index in [-0.39, 0.29) is 11.0 Å². The molecule has 1 aliphatic rings. The number of hydrogen-bond acceptors (Lipinski definition) is 12. The normalized spacial score (nSPS) is 33.1. The molecular formula is C8H32N4O14P4. The molecule has 1 aliphatic heterocycles. The van der Waals surface area contributed by atoms with Gasteiger partial charge < -0.3 is 53.5 Å². The highest BCUT2D eigenvalue weighted by Crippen LogP contribution is 2.73. The zero-order chi connectivity index (χ0) is 22.5. The van der Waals surface area contributed by atoms with Crippen LogP contribution in [-0.2, 0) is 35.5 Å². The summed E-state index contributed by atoms with van der Waals surface area (Å²) in [6, 6.07) is 0. The molecule has 0 atom stereocenters. The maximum atomic E-state index is 10.6. The number of hydrogen-bond donors (Lipinski definition) is 4. The molecule has 0 spiro atoms. The van der Waals surface area contributed by atoms with Gasteiger partial charge in [-0.3, -0.25) is 18.3 Å². The van der Waals surface area contributed by atoms with Gasteiger partial charge in [-0.15, -0.1) is 0 Å². The summed E-state index contributed by atoms with van der Waals surface area (Å²) >= 11 is 0. The lowest BCUT2D eigenvalue weighted by Crippen LogP contribution is -2.53. The Morgan fingerprint density at radius 1 is 0.467 bits per heavy atom. The van der Waals surface area contributed by atoms with Crippen LogP contribution in [0.1, 0.15) is 25.7 Å². The highest BCUT2D eigenvalue weighted by Gasteiger charge is 2.35. The second-order valence-electron chi connectivity index (χ2n) is 4.94. The minimum absolute atomic E-state index is 0. The zero-order valence-electron chi connectivity index (χ0n) is 16.2. The molecule has 188 valence electrons. The number of quaternary nitrogens is 4. The Morgan fingerprint density at radius 3 is 0.700 bits per heavy atom. The van der Waals surface area contributed by atoms with Crippen LogP contribution in [-0.4, -0.2) is 37.1 Å². The number of phosphoric acid groups is 4. The lowest BCUT2D eigenvalue weighted by Gasteiger charge is -2.41. The van der Waals surface area contributed by atoms with Crippen molar-refractivity contribution >= 4 is 31.3 Å². The summed E-state index contributed by atoms with van der Waals surface area (Å²) in [5.74, 6) is 0. The first-order valence-electron chi connectivity index (χ1n) is 7.92. The van der Waals surface area contributed by atoms with E-state index in [1.54, 1.807) is 0 Å². The fourth-order valence-electron chi connectivity index (χ4n) is 1.26. The summed E-state index contributed by atoms with van der Waals surface area (Å²) in [7, 11) is -23.5. The second-order valence-corrected chi connectivity index (χ2v) is 11.1. The van der Waals surface area contributed by atoms with Gasteiger partial charge in [-0.2, -0.15) is 0 Å². The van der Waals surface area contributed by atoms with E-state index < -0.39 is 31.3 Å². The first kappa shape index (κ1) is 37.7. The monoisotopic (exact) mass is 532 g/mol.